The van der Waals surface area contributed by atoms with Crippen LogP contribution in [0.4, 0.5) is 0 Å². The normalized spacial score (nSPS) is 11.6. The molecule has 142 valence electrons. The molecule has 6 heteroatoms. The molecule has 0 spiro atoms. The first-order chi connectivity index (χ1) is 12.9. The predicted molar refractivity (Wildman–Crippen MR) is 127 cm³/mol. The summed E-state index contributed by atoms with van der Waals surface area (Å²) >= 11 is 0.210. The van der Waals surface area contributed by atoms with E-state index < -0.39 is 18.4 Å². The molecular formula is C21H27IN4Sn. The maximum absolute atomic E-state index is 4.79. The quantitative estimate of drug-likeness (QED) is 0.245. The zero-order valence-electron chi connectivity index (χ0n) is 16.7. The van der Waals surface area contributed by atoms with Crippen molar-refractivity contribution in [3.8, 4) is 0 Å². The average molecular weight is 581 g/mol. The molecule has 0 amide bonds. The van der Waals surface area contributed by atoms with Crippen LogP contribution in [0.3, 0.4) is 0 Å². The Morgan fingerprint density at radius 3 is 1.81 bits per heavy atom. The van der Waals surface area contributed by atoms with Crippen LogP contribution in [0.5, 0.6) is 0 Å². The number of aromatic nitrogens is 4. The maximum Gasteiger partial charge on any atom is 0.131 e. The molecule has 2 aromatic carbocycles. The summed E-state index contributed by atoms with van der Waals surface area (Å²) < 4.78 is 6.65. The van der Waals surface area contributed by atoms with Crippen molar-refractivity contribution >= 4 is 66.5 Å². The van der Waals surface area contributed by atoms with Gasteiger partial charge in [0.15, 0.2) is 0 Å². The first-order valence-electron chi connectivity index (χ1n) is 9.43. The summed E-state index contributed by atoms with van der Waals surface area (Å²) in [4.78, 5) is 7.26. The number of nitrogens with zero attached hydrogens (tertiary/aromatic N) is 4. The minimum absolute atomic E-state index is 0.934. The number of aryl methyl sites for hydroxylation is 2. The summed E-state index contributed by atoms with van der Waals surface area (Å²) in [5, 5.41) is 11.8. The smallest absolute Gasteiger partial charge is 0.131 e. The third-order valence-corrected chi connectivity index (χ3v) is 10.5. The van der Waals surface area contributed by atoms with Crippen LogP contribution in [0.2, 0.25) is 14.8 Å². The van der Waals surface area contributed by atoms with Crippen molar-refractivity contribution in [2.24, 2.45) is 0 Å². The molecule has 0 saturated carbocycles. The zero-order chi connectivity index (χ0) is 19.6. The van der Waals surface area contributed by atoms with Crippen LogP contribution >= 0.6 is 22.6 Å². The minimum atomic E-state index is -2.06. The topological polar surface area (TPSA) is 35.6 Å². The molecule has 27 heavy (non-hydrogen) atoms. The van der Waals surface area contributed by atoms with E-state index in [4.69, 9.17) is 5.10 Å². The van der Waals surface area contributed by atoms with E-state index in [2.05, 4.69) is 97.4 Å². The maximum atomic E-state index is 4.79. The van der Waals surface area contributed by atoms with Crippen molar-refractivity contribution in [1.82, 2.24) is 19.6 Å². The molecule has 2 heterocycles. The largest absolute Gasteiger partial charge is 0.264 e. The third kappa shape index (κ3) is 4.34. The Kier molecular flexibility index (Phi) is 6.50. The predicted octanol–water partition coefficient (Wildman–Crippen LogP) is 5.26. The second-order valence-corrected chi connectivity index (χ2v) is 22.8. The zero-order valence-corrected chi connectivity index (χ0v) is 21.7. The molecule has 0 aliphatic carbocycles. The van der Waals surface area contributed by atoms with Crippen molar-refractivity contribution in [3.63, 3.8) is 0 Å². The molecule has 0 radical (unpaired) electrons. The van der Waals surface area contributed by atoms with Crippen LogP contribution < -0.4 is 3.71 Å². The number of hydrogen-bond acceptors (Lipinski definition) is 2. The van der Waals surface area contributed by atoms with Crippen molar-refractivity contribution in [2.45, 2.75) is 41.8 Å². The summed E-state index contributed by atoms with van der Waals surface area (Å²) in [7, 11) is 0. The van der Waals surface area contributed by atoms with Gasteiger partial charge >= 0.3 is 95.3 Å². The Bertz CT molecular complexity index is 1060. The van der Waals surface area contributed by atoms with Gasteiger partial charge in [-0.25, -0.2) is 0 Å². The fourth-order valence-corrected chi connectivity index (χ4v) is 8.08. The fourth-order valence-electron chi connectivity index (χ4n) is 3.25. The molecular weight excluding hydrogens is 554 g/mol. The Morgan fingerprint density at radius 2 is 1.26 bits per heavy atom. The Hall–Kier alpha value is -1.09. The van der Waals surface area contributed by atoms with Gasteiger partial charge in [-0.1, -0.05) is 18.2 Å². The van der Waals surface area contributed by atoms with E-state index in [0.717, 1.165) is 16.8 Å². The second-order valence-electron chi connectivity index (χ2n) is 7.56. The van der Waals surface area contributed by atoms with Gasteiger partial charge in [-0.15, -0.1) is 0 Å². The van der Waals surface area contributed by atoms with E-state index in [1.807, 2.05) is 16.8 Å². The van der Waals surface area contributed by atoms with E-state index in [-0.39, 0.29) is 0 Å². The van der Waals surface area contributed by atoms with Gasteiger partial charge in [0.05, 0.1) is 5.52 Å². The first-order valence-corrected chi connectivity index (χ1v) is 20.5. The average Bonchev–Trinajstić information content (AvgIpc) is 3.20. The SMILES string of the molecule is CCn1n[c]([Sn]([CH3])([CH3])[CH3])c2ccccc21.CCn1nc(I)c2ccccc21. The molecule has 4 aromatic rings. The number of benzene rings is 2. The van der Waals surface area contributed by atoms with Gasteiger partial charge in [0.2, 0.25) is 0 Å². The molecule has 0 N–H and O–H groups in total. The molecule has 0 aliphatic heterocycles. The standard InChI is InChI=1S/C9H9IN2.C9H9N2.3CH3.Sn/c1-2-12-8-6-4-3-5-7(8)9(10)11-12;1-2-11-9-6-4-3-5-8(9)7-10-11;;;;/h3-6H,2H2,1H3;3-6H,2H2,1H3;3*1H3;. The Morgan fingerprint density at radius 1 is 0.778 bits per heavy atom. The van der Waals surface area contributed by atoms with E-state index in [9.17, 15) is 0 Å². The van der Waals surface area contributed by atoms with Crippen LogP contribution in [0.15, 0.2) is 48.5 Å². The van der Waals surface area contributed by atoms with Gasteiger partial charge in [0, 0.05) is 11.9 Å². The third-order valence-electron chi connectivity index (χ3n) is 4.58. The molecule has 0 unspecified atom stereocenters. The van der Waals surface area contributed by atoms with Crippen molar-refractivity contribution < 1.29 is 0 Å². The number of halogens is 1. The summed E-state index contributed by atoms with van der Waals surface area (Å²) in [5.41, 5.74) is 2.52. The van der Waals surface area contributed by atoms with Crippen LogP contribution in [0.25, 0.3) is 21.8 Å². The molecule has 0 bridgehead atoms. The molecule has 0 saturated heterocycles. The number of fused-ring (bicyclic) bond motifs is 2. The molecule has 4 nitrogen and oxygen atoms in total. The number of rotatable bonds is 3. The summed E-state index contributed by atoms with van der Waals surface area (Å²) in [5.74, 6) is 0. The van der Waals surface area contributed by atoms with Crippen molar-refractivity contribution in [2.75, 3.05) is 0 Å². The second kappa shape index (κ2) is 8.51. The van der Waals surface area contributed by atoms with E-state index in [1.54, 1.807) is 0 Å². The number of hydrogen-bond donors (Lipinski definition) is 0. The van der Waals surface area contributed by atoms with Gasteiger partial charge in [0.25, 0.3) is 0 Å². The van der Waals surface area contributed by atoms with E-state index in [1.165, 1.54) is 25.5 Å². The van der Waals surface area contributed by atoms with Crippen LogP contribution in [0, 0.1) is 3.70 Å². The van der Waals surface area contributed by atoms with Gasteiger partial charge in [0.1, 0.15) is 3.70 Å². The van der Waals surface area contributed by atoms with Crippen molar-refractivity contribution in [3.05, 3.63) is 52.2 Å². The van der Waals surface area contributed by atoms with Crippen LogP contribution in [-0.2, 0) is 13.1 Å². The summed E-state index contributed by atoms with van der Waals surface area (Å²) in [6.07, 6.45) is 0. The molecule has 0 fully saturated rings. The minimum Gasteiger partial charge on any atom is -0.264 e. The van der Waals surface area contributed by atoms with Crippen LogP contribution in [-0.4, -0.2) is 37.9 Å². The fraction of sp³-hybridized carbons (Fsp3) is 0.333. The molecule has 2 aromatic heterocycles. The van der Waals surface area contributed by atoms with Gasteiger partial charge in [-0.2, -0.15) is 5.10 Å². The summed E-state index contributed by atoms with van der Waals surface area (Å²) in [6.45, 7) is 6.16. The van der Waals surface area contributed by atoms with Crippen molar-refractivity contribution in [1.29, 1.82) is 0 Å². The summed E-state index contributed by atoms with van der Waals surface area (Å²) in [6, 6.07) is 16.9. The van der Waals surface area contributed by atoms with Gasteiger partial charge in [-0.3, -0.25) is 4.68 Å². The van der Waals surface area contributed by atoms with E-state index in [0.29, 0.717) is 0 Å². The van der Waals surface area contributed by atoms with Gasteiger partial charge < -0.3 is 0 Å². The monoisotopic (exact) mass is 582 g/mol. The first kappa shape index (κ1) is 20.6. The van der Waals surface area contributed by atoms with Gasteiger partial charge in [-0.05, 0) is 35.6 Å². The number of para-hydroxylation sites is 2. The Labute approximate surface area is 179 Å². The van der Waals surface area contributed by atoms with Crippen LogP contribution in [0.1, 0.15) is 13.8 Å². The molecule has 0 aliphatic rings. The van der Waals surface area contributed by atoms with E-state index >= 15 is 0 Å². The Balaban J connectivity index is 0.000000159. The molecule has 4 rings (SSSR count). The molecule has 0 atom stereocenters.